The molecule has 3 aromatic heterocycles. The first-order valence-electron chi connectivity index (χ1n) is 23.1. The Morgan fingerprint density at radius 3 is 1.85 bits per heavy atom. The van der Waals surface area contributed by atoms with Gasteiger partial charge in [0.05, 0.1) is 49.2 Å². The fourth-order valence-electron chi connectivity index (χ4n) is 10.8. The molecule has 0 spiro atoms. The molecule has 6 aromatic rings. The summed E-state index contributed by atoms with van der Waals surface area (Å²) in [4.78, 5) is 14.7. The van der Waals surface area contributed by atoms with Crippen molar-refractivity contribution in [1.82, 2.24) is 30.0 Å². The third-order valence-corrected chi connectivity index (χ3v) is 14.8. The van der Waals surface area contributed by atoms with Crippen molar-refractivity contribution in [2.75, 3.05) is 54.1 Å². The molecule has 5 heterocycles. The van der Waals surface area contributed by atoms with Gasteiger partial charge in [-0.2, -0.15) is 0 Å². The van der Waals surface area contributed by atoms with Crippen molar-refractivity contribution in [3.8, 4) is 23.3 Å². The molecule has 0 saturated carbocycles. The second kappa shape index (κ2) is 19.5. The first-order valence-corrected chi connectivity index (χ1v) is 23.1. The van der Waals surface area contributed by atoms with Crippen LogP contribution in [0, 0.1) is 23.7 Å². The molecule has 0 bridgehead atoms. The van der Waals surface area contributed by atoms with Crippen molar-refractivity contribution in [3.05, 3.63) is 96.3 Å². The highest BCUT2D eigenvalue weighted by atomic mass is 16.5. The SMILES string of the molecule is CCC1CN([C@@H](C)[C@H](COc2nnc(OC[C@H](c3ccnc4ccc(OC)cc34)[C@@H]3C[C@@H](CC)C(CC)CN3C)c3ccccc23)c2ccnc3ccc(OC)cc23)CCC1C. The Morgan fingerprint density at radius 1 is 0.677 bits per heavy atom. The number of hydrogen-bond acceptors (Lipinski definition) is 10. The molecule has 0 radical (unpaired) electrons. The Hall–Kier alpha value is -5.06. The lowest BCUT2D eigenvalue weighted by Gasteiger charge is -2.45. The highest BCUT2D eigenvalue weighted by molar-refractivity contribution is 5.90. The van der Waals surface area contributed by atoms with Crippen LogP contribution < -0.4 is 18.9 Å². The number of piperidine rings is 2. The van der Waals surface area contributed by atoms with Crippen LogP contribution in [0.4, 0.5) is 0 Å². The summed E-state index contributed by atoms with van der Waals surface area (Å²) in [7, 11) is 5.72. The fourth-order valence-corrected chi connectivity index (χ4v) is 10.8. The molecule has 328 valence electrons. The van der Waals surface area contributed by atoms with Crippen molar-refractivity contribution in [2.24, 2.45) is 23.7 Å². The Kier molecular flexibility index (Phi) is 13.7. The lowest BCUT2D eigenvalue weighted by Crippen LogP contribution is -2.48. The molecule has 3 aromatic carbocycles. The minimum Gasteiger partial charge on any atom is -0.497 e. The average Bonchev–Trinajstić information content (AvgIpc) is 3.31. The minimum absolute atomic E-state index is 0.0244. The molecule has 10 nitrogen and oxygen atoms in total. The largest absolute Gasteiger partial charge is 0.497 e. The number of rotatable bonds is 16. The average molecular weight is 839 g/mol. The lowest BCUT2D eigenvalue weighted by atomic mass is 9.74. The van der Waals surface area contributed by atoms with Crippen molar-refractivity contribution in [1.29, 1.82) is 0 Å². The van der Waals surface area contributed by atoms with E-state index in [1.807, 2.05) is 48.8 Å². The zero-order valence-electron chi connectivity index (χ0n) is 38.1. The number of fused-ring (bicyclic) bond motifs is 3. The summed E-state index contributed by atoms with van der Waals surface area (Å²) in [5, 5.41) is 13.5. The number of ether oxygens (including phenoxy) is 4. The Balaban J connectivity index is 1.12. The molecule has 8 rings (SSSR count). The second-order valence-electron chi connectivity index (χ2n) is 18.0. The molecule has 0 amide bonds. The van der Waals surface area contributed by atoms with Gasteiger partial charge in [-0.1, -0.05) is 59.1 Å². The van der Waals surface area contributed by atoms with Crippen LogP contribution in [0.1, 0.15) is 89.7 Å². The van der Waals surface area contributed by atoms with Crippen LogP contribution in [-0.2, 0) is 0 Å². The van der Waals surface area contributed by atoms with E-state index in [-0.39, 0.29) is 23.9 Å². The summed E-state index contributed by atoms with van der Waals surface area (Å²) in [5.41, 5.74) is 4.30. The number of likely N-dealkylation sites (tertiary alicyclic amines) is 2. The van der Waals surface area contributed by atoms with Gasteiger partial charge in [0.15, 0.2) is 0 Å². The zero-order valence-corrected chi connectivity index (χ0v) is 38.1. The van der Waals surface area contributed by atoms with Crippen molar-refractivity contribution < 1.29 is 18.9 Å². The van der Waals surface area contributed by atoms with E-state index in [1.165, 1.54) is 36.8 Å². The van der Waals surface area contributed by atoms with E-state index in [9.17, 15) is 0 Å². The molecule has 2 aliphatic heterocycles. The van der Waals surface area contributed by atoms with Gasteiger partial charge in [-0.15, -0.1) is 10.2 Å². The number of methoxy groups -OCH3 is 2. The van der Waals surface area contributed by atoms with E-state index >= 15 is 0 Å². The van der Waals surface area contributed by atoms with E-state index in [1.54, 1.807) is 14.2 Å². The smallest absolute Gasteiger partial charge is 0.241 e. The highest BCUT2D eigenvalue weighted by Gasteiger charge is 2.38. The summed E-state index contributed by atoms with van der Waals surface area (Å²) in [6.07, 6.45) is 9.68. The first kappa shape index (κ1) is 43.6. The van der Waals surface area contributed by atoms with Crippen LogP contribution in [0.15, 0.2) is 85.2 Å². The fraction of sp³-hybridized carbons (Fsp3) is 0.500. The van der Waals surface area contributed by atoms with Gasteiger partial charge < -0.3 is 23.8 Å². The van der Waals surface area contributed by atoms with Crippen LogP contribution in [0.5, 0.6) is 23.3 Å². The number of nitrogens with zero attached hydrogens (tertiary/aromatic N) is 6. The van der Waals surface area contributed by atoms with E-state index in [0.717, 1.165) is 76.1 Å². The van der Waals surface area contributed by atoms with Gasteiger partial charge in [0.2, 0.25) is 11.8 Å². The number of likely N-dealkylation sites (N-methyl/N-ethyl adjacent to an activating group) is 1. The predicted octanol–water partition coefficient (Wildman–Crippen LogP) is 10.6. The molecule has 2 fully saturated rings. The van der Waals surface area contributed by atoms with Crippen LogP contribution >= 0.6 is 0 Å². The standard InChI is InChI=1S/C52H66N6O4/c1-9-35-26-50(57(6)29-37(35)11-3)47(41-21-24-54-49-19-17-39(60-8)28-45(41)49)32-62-52-43-15-13-12-14-42(43)51(55-56-52)61-31-46(34(5)58-25-22-33(4)36(10-2)30-58)40-20-23-53-48-18-16-38(59-7)27-44(40)48/h12-21,23-24,27-28,33-37,46-47,50H,9-11,22,25-26,29-32H2,1-8H3/t33?,34-,35+,36?,37?,46-,47+,50-/m0/s1. The predicted molar refractivity (Wildman–Crippen MR) is 250 cm³/mol. The number of pyridine rings is 2. The van der Waals surface area contributed by atoms with Crippen molar-refractivity contribution >= 4 is 32.6 Å². The second-order valence-corrected chi connectivity index (χ2v) is 18.0. The zero-order chi connectivity index (χ0) is 43.3. The van der Waals surface area contributed by atoms with E-state index < -0.39 is 0 Å². The summed E-state index contributed by atoms with van der Waals surface area (Å²) in [5.74, 6) is 5.43. The Bertz CT molecular complexity index is 2440. The summed E-state index contributed by atoms with van der Waals surface area (Å²) in [6.45, 7) is 15.8. The number of benzene rings is 3. The summed E-state index contributed by atoms with van der Waals surface area (Å²) in [6, 6.07) is 25.3. The van der Waals surface area contributed by atoms with Gasteiger partial charge in [0, 0.05) is 60.2 Å². The molecular weight excluding hydrogens is 773 g/mol. The topological polar surface area (TPSA) is 95.0 Å². The molecule has 2 saturated heterocycles. The van der Waals surface area contributed by atoms with Gasteiger partial charge >= 0.3 is 0 Å². The Morgan fingerprint density at radius 2 is 1.26 bits per heavy atom. The molecular formula is C52H66N6O4. The molecule has 8 atom stereocenters. The van der Waals surface area contributed by atoms with Gasteiger partial charge in [-0.05, 0) is 129 Å². The van der Waals surface area contributed by atoms with Gasteiger partial charge in [-0.25, -0.2) is 0 Å². The third kappa shape index (κ3) is 8.91. The monoisotopic (exact) mass is 839 g/mol. The van der Waals surface area contributed by atoms with E-state index in [0.29, 0.717) is 42.7 Å². The van der Waals surface area contributed by atoms with Gasteiger partial charge in [0.25, 0.3) is 0 Å². The number of aromatic nitrogens is 4. The molecule has 0 N–H and O–H groups in total. The molecule has 2 aliphatic rings. The summed E-state index contributed by atoms with van der Waals surface area (Å²) >= 11 is 0. The molecule has 3 unspecified atom stereocenters. The molecule has 62 heavy (non-hydrogen) atoms. The lowest BCUT2D eigenvalue weighted by molar-refractivity contribution is 0.0530. The van der Waals surface area contributed by atoms with Crippen LogP contribution in [0.25, 0.3) is 32.6 Å². The molecule has 0 aliphatic carbocycles. The third-order valence-electron chi connectivity index (χ3n) is 14.8. The maximum atomic E-state index is 6.90. The quantitative estimate of drug-likeness (QED) is 0.0938. The highest BCUT2D eigenvalue weighted by Crippen LogP contribution is 2.41. The first-order chi connectivity index (χ1) is 30.2. The molecule has 10 heteroatoms. The van der Waals surface area contributed by atoms with Crippen LogP contribution in [-0.4, -0.2) is 96.2 Å². The van der Waals surface area contributed by atoms with Crippen LogP contribution in [0.3, 0.4) is 0 Å². The van der Waals surface area contributed by atoms with Gasteiger partial charge in [0.1, 0.15) is 11.5 Å². The normalized spacial score (nSPS) is 22.7. The van der Waals surface area contributed by atoms with Crippen molar-refractivity contribution in [2.45, 2.75) is 90.6 Å². The van der Waals surface area contributed by atoms with Gasteiger partial charge in [-0.3, -0.25) is 14.9 Å². The Labute approximate surface area is 368 Å². The van der Waals surface area contributed by atoms with E-state index in [4.69, 9.17) is 39.1 Å². The summed E-state index contributed by atoms with van der Waals surface area (Å²) < 4.78 is 25.2. The number of hydrogen-bond donors (Lipinski definition) is 0. The van der Waals surface area contributed by atoms with Crippen LogP contribution in [0.2, 0.25) is 0 Å². The van der Waals surface area contributed by atoms with E-state index in [2.05, 4.69) is 87.9 Å². The maximum absolute atomic E-state index is 6.90. The maximum Gasteiger partial charge on any atom is 0.241 e. The van der Waals surface area contributed by atoms with Crippen molar-refractivity contribution in [3.63, 3.8) is 0 Å². The minimum atomic E-state index is 0.0244.